The van der Waals surface area contributed by atoms with Crippen LogP contribution in [0.15, 0.2) is 0 Å². The highest BCUT2D eigenvalue weighted by Crippen LogP contribution is 2.34. The van der Waals surface area contributed by atoms with Gasteiger partial charge in [-0.1, -0.05) is 12.8 Å². The van der Waals surface area contributed by atoms with Gasteiger partial charge in [0.2, 0.25) is 11.8 Å². The predicted molar refractivity (Wildman–Crippen MR) is 187 cm³/mol. The van der Waals surface area contributed by atoms with Gasteiger partial charge >= 0.3 is 0 Å². The zero-order chi connectivity index (χ0) is 42.1. The largest absolute Gasteiger partial charge is 0.394 e. The second kappa shape index (κ2) is 22.1. The standard InChI is InChI=1S/C34H61N3O20/c1-13-21(43)25(47)26(48)33(51-13)55-29-18(12-40)54-32(20(24(29)46)37-15(3)42)57-30-22(44)16(10-38)52-34(27(30)49)56-28-17(11-39)53-31(19(23(28)45)36-14(2)41)50-9-7-5-4-6-8-35/h13,16-34,38-40,43-49H,4-12,35H2,1-3H3,(H,36,41)(H,37,42)/t13-,16+,17+,18+,19+,20+,21+,22-,23+,24+,25+,26-,27+,28+,29+,30-,31+,32-,33-,34-/m0/s1. The molecule has 14 N–H and O–H groups in total. The van der Waals surface area contributed by atoms with E-state index in [-0.39, 0.29) is 6.61 Å². The van der Waals surface area contributed by atoms with E-state index in [1.807, 2.05) is 0 Å². The molecule has 23 heteroatoms. The van der Waals surface area contributed by atoms with Crippen LogP contribution in [0.3, 0.4) is 0 Å². The molecule has 0 aliphatic carbocycles. The monoisotopic (exact) mass is 831 g/mol. The lowest BCUT2D eigenvalue weighted by Crippen LogP contribution is -2.70. The average molecular weight is 832 g/mol. The highest BCUT2D eigenvalue weighted by molar-refractivity contribution is 5.73. The van der Waals surface area contributed by atoms with Crippen LogP contribution in [0.1, 0.15) is 46.5 Å². The van der Waals surface area contributed by atoms with Crippen LogP contribution < -0.4 is 16.4 Å². The van der Waals surface area contributed by atoms with Crippen LogP contribution in [-0.2, 0) is 47.5 Å². The van der Waals surface area contributed by atoms with Crippen LogP contribution >= 0.6 is 0 Å². The Morgan fingerprint density at radius 2 is 1.02 bits per heavy atom. The highest BCUT2D eigenvalue weighted by Gasteiger charge is 2.55. The van der Waals surface area contributed by atoms with Gasteiger partial charge in [0.25, 0.3) is 0 Å². The van der Waals surface area contributed by atoms with Crippen molar-refractivity contribution in [2.24, 2.45) is 5.73 Å². The summed E-state index contributed by atoms with van der Waals surface area (Å²) in [6.07, 6.45) is -25.9. The summed E-state index contributed by atoms with van der Waals surface area (Å²) >= 11 is 0. The number of hydrogen-bond acceptors (Lipinski definition) is 21. The van der Waals surface area contributed by atoms with Gasteiger partial charge in [0.1, 0.15) is 91.4 Å². The molecule has 4 heterocycles. The quantitative estimate of drug-likeness (QED) is 0.0571. The second-order valence-corrected chi connectivity index (χ2v) is 14.6. The van der Waals surface area contributed by atoms with Gasteiger partial charge in [-0.25, -0.2) is 0 Å². The topological polar surface area (TPSA) is 360 Å². The minimum absolute atomic E-state index is 0.186. The highest BCUT2D eigenvalue weighted by atomic mass is 16.8. The first-order valence-electron chi connectivity index (χ1n) is 19.1. The fourth-order valence-corrected chi connectivity index (χ4v) is 7.22. The lowest BCUT2D eigenvalue weighted by atomic mass is 9.94. The first-order chi connectivity index (χ1) is 27.1. The number of rotatable bonds is 18. The summed E-state index contributed by atoms with van der Waals surface area (Å²) < 4.78 is 46.4. The Hall–Kier alpha value is -1.82. The molecule has 4 rings (SSSR count). The molecule has 20 atom stereocenters. The zero-order valence-electron chi connectivity index (χ0n) is 32.0. The zero-order valence-corrected chi connectivity index (χ0v) is 32.0. The molecule has 23 nitrogen and oxygen atoms in total. The third kappa shape index (κ3) is 11.7. The SMILES string of the molecule is CC(=O)N[C@H]1[C@H](O[C@H]2[C@@H](O)[C@@H](CO)O[C@@H](O[C@H]3[C@H](O)[C@@H](NC(C)=O)[C@H](OCCCCCCN)O[C@@H]3CO)[C@@H]2O)O[C@H](CO)[C@@H](O[C@@H]2O[C@@H](C)[C@@H](O)[C@@H](O)[C@@H]2O)[C@@H]1O. The number of nitrogens with two attached hydrogens (primary N) is 1. The second-order valence-electron chi connectivity index (χ2n) is 14.6. The van der Waals surface area contributed by atoms with Gasteiger partial charge in [-0.2, -0.15) is 0 Å². The normalized spacial score (nSPS) is 44.0. The maximum Gasteiger partial charge on any atom is 0.217 e. The molecule has 0 aromatic carbocycles. The summed E-state index contributed by atoms with van der Waals surface area (Å²) in [5, 5.41) is 112. The van der Waals surface area contributed by atoms with Gasteiger partial charge in [0, 0.05) is 20.5 Å². The molecule has 332 valence electrons. The summed E-state index contributed by atoms with van der Waals surface area (Å²) in [5.41, 5.74) is 5.54. The minimum atomic E-state index is -1.99. The van der Waals surface area contributed by atoms with Crippen LogP contribution in [0.5, 0.6) is 0 Å². The number of carbonyl (C=O) groups is 2. The van der Waals surface area contributed by atoms with E-state index in [2.05, 4.69) is 10.6 Å². The summed E-state index contributed by atoms with van der Waals surface area (Å²) in [6, 6.07) is -2.80. The van der Waals surface area contributed by atoms with E-state index < -0.39 is 154 Å². The molecule has 0 saturated carbocycles. The van der Waals surface area contributed by atoms with Crippen molar-refractivity contribution in [1.82, 2.24) is 10.6 Å². The van der Waals surface area contributed by atoms with Crippen LogP contribution in [-0.4, -0.2) is 219 Å². The number of ether oxygens (including phenoxy) is 8. The lowest BCUT2D eigenvalue weighted by Gasteiger charge is -2.50. The molecule has 4 aliphatic heterocycles. The van der Waals surface area contributed by atoms with Crippen molar-refractivity contribution in [2.75, 3.05) is 33.0 Å². The van der Waals surface area contributed by atoms with E-state index in [1.54, 1.807) is 0 Å². The van der Waals surface area contributed by atoms with E-state index in [4.69, 9.17) is 43.6 Å². The minimum Gasteiger partial charge on any atom is -0.394 e. The number of carbonyl (C=O) groups excluding carboxylic acids is 2. The first kappa shape index (κ1) is 47.9. The molecule has 0 radical (unpaired) electrons. The van der Waals surface area contributed by atoms with E-state index in [0.29, 0.717) is 13.0 Å². The number of unbranched alkanes of at least 4 members (excludes halogenated alkanes) is 3. The van der Waals surface area contributed by atoms with Crippen LogP contribution in [0, 0.1) is 0 Å². The molecular weight excluding hydrogens is 770 g/mol. The summed E-state index contributed by atoms with van der Waals surface area (Å²) in [7, 11) is 0. The number of amides is 2. The Balaban J connectivity index is 1.53. The molecule has 0 bridgehead atoms. The molecule has 0 unspecified atom stereocenters. The molecular formula is C34H61N3O20. The molecule has 4 aliphatic rings. The fourth-order valence-electron chi connectivity index (χ4n) is 7.22. The Labute approximate surface area is 328 Å². The van der Waals surface area contributed by atoms with Crippen LogP contribution in [0.2, 0.25) is 0 Å². The third-order valence-corrected chi connectivity index (χ3v) is 10.3. The van der Waals surface area contributed by atoms with Gasteiger partial charge in [-0.05, 0) is 26.3 Å². The molecule has 0 aromatic heterocycles. The van der Waals surface area contributed by atoms with Gasteiger partial charge in [0.05, 0.1) is 25.9 Å². The van der Waals surface area contributed by atoms with E-state index in [0.717, 1.165) is 26.2 Å². The van der Waals surface area contributed by atoms with Gasteiger partial charge in [-0.15, -0.1) is 0 Å². The van der Waals surface area contributed by atoms with Crippen molar-refractivity contribution >= 4 is 11.8 Å². The van der Waals surface area contributed by atoms with Crippen molar-refractivity contribution in [3.05, 3.63) is 0 Å². The van der Waals surface area contributed by atoms with Crippen molar-refractivity contribution in [2.45, 2.75) is 169 Å². The van der Waals surface area contributed by atoms with E-state index in [9.17, 15) is 60.7 Å². The summed E-state index contributed by atoms with van der Waals surface area (Å²) in [5.74, 6) is -1.28. The van der Waals surface area contributed by atoms with Crippen molar-refractivity contribution in [1.29, 1.82) is 0 Å². The smallest absolute Gasteiger partial charge is 0.217 e. The van der Waals surface area contributed by atoms with E-state index >= 15 is 0 Å². The number of aliphatic hydroxyl groups excluding tert-OH is 10. The Morgan fingerprint density at radius 3 is 1.54 bits per heavy atom. The van der Waals surface area contributed by atoms with Crippen LogP contribution in [0.25, 0.3) is 0 Å². The average Bonchev–Trinajstić information content (AvgIpc) is 3.17. The van der Waals surface area contributed by atoms with Gasteiger partial charge in [0.15, 0.2) is 25.2 Å². The predicted octanol–water partition coefficient (Wildman–Crippen LogP) is -6.89. The number of nitrogens with one attached hydrogen (secondary N) is 2. The van der Waals surface area contributed by atoms with Crippen molar-refractivity contribution in [3.63, 3.8) is 0 Å². The van der Waals surface area contributed by atoms with Gasteiger partial charge in [-0.3, -0.25) is 9.59 Å². The molecule has 4 saturated heterocycles. The van der Waals surface area contributed by atoms with Crippen molar-refractivity contribution in [3.8, 4) is 0 Å². The number of hydrogen-bond donors (Lipinski definition) is 13. The summed E-state index contributed by atoms with van der Waals surface area (Å²) in [4.78, 5) is 24.5. The maximum atomic E-state index is 12.3. The molecule has 0 spiro atoms. The molecule has 0 aromatic rings. The van der Waals surface area contributed by atoms with Crippen molar-refractivity contribution < 1.29 is 98.5 Å². The Morgan fingerprint density at radius 1 is 0.544 bits per heavy atom. The maximum absolute atomic E-state index is 12.3. The van der Waals surface area contributed by atoms with E-state index in [1.165, 1.54) is 13.8 Å². The molecule has 4 fully saturated rings. The summed E-state index contributed by atoms with van der Waals surface area (Å²) in [6.45, 7) is 1.96. The fraction of sp³-hybridized carbons (Fsp3) is 0.941. The number of aliphatic hydroxyl groups is 10. The molecule has 2 amide bonds. The Bertz CT molecular complexity index is 1240. The molecule has 57 heavy (non-hydrogen) atoms. The third-order valence-electron chi connectivity index (χ3n) is 10.3. The Kier molecular flexibility index (Phi) is 18.6. The first-order valence-corrected chi connectivity index (χ1v) is 19.1. The van der Waals surface area contributed by atoms with Gasteiger partial charge < -0.3 is 105 Å². The van der Waals surface area contributed by atoms with Crippen LogP contribution in [0.4, 0.5) is 0 Å². The lowest BCUT2D eigenvalue weighted by molar-refractivity contribution is -0.377.